The number of anilines is 3. The molecule has 1 aromatic heterocycles. The summed E-state index contributed by atoms with van der Waals surface area (Å²) in [5.41, 5.74) is 2.12. The first kappa shape index (κ1) is 17.2. The molecular weight excluding hydrogens is 323 g/mol. The number of nitrogens with one attached hydrogen (secondary N) is 1. The molecule has 1 aromatic carbocycles. The molecule has 0 spiro atoms. The van der Waals surface area contributed by atoms with Crippen LogP contribution in [-0.4, -0.2) is 51.3 Å². The summed E-state index contributed by atoms with van der Waals surface area (Å²) >= 11 is 0. The Kier molecular flexibility index (Phi) is 5.14. The summed E-state index contributed by atoms with van der Waals surface area (Å²) in [5, 5.41) is 2.78. The number of carbonyl (C=O) groups is 1. The highest BCUT2D eigenvalue weighted by atomic mass is 19.1. The third-order valence-electron chi connectivity index (χ3n) is 4.11. The van der Waals surface area contributed by atoms with E-state index in [4.69, 9.17) is 4.74 Å². The zero-order chi connectivity index (χ0) is 17.8. The molecule has 1 aliphatic heterocycles. The molecule has 132 valence electrons. The van der Waals surface area contributed by atoms with E-state index in [9.17, 15) is 9.18 Å². The molecule has 1 N–H and O–H groups in total. The van der Waals surface area contributed by atoms with Crippen LogP contribution in [0.1, 0.15) is 10.4 Å². The van der Waals surface area contributed by atoms with Gasteiger partial charge in [-0.25, -0.2) is 4.39 Å². The smallest absolute Gasteiger partial charge is 0.258 e. The predicted octanol–water partition coefficient (Wildman–Crippen LogP) is 2.38. The van der Waals surface area contributed by atoms with Crippen LogP contribution >= 0.6 is 0 Å². The molecule has 0 bridgehead atoms. The lowest BCUT2D eigenvalue weighted by atomic mass is 10.1. The van der Waals surface area contributed by atoms with Gasteiger partial charge in [0.1, 0.15) is 5.82 Å². The van der Waals surface area contributed by atoms with Crippen LogP contribution in [0, 0.1) is 5.82 Å². The van der Waals surface area contributed by atoms with Crippen LogP contribution in [-0.2, 0) is 4.74 Å². The highest BCUT2D eigenvalue weighted by molar-refractivity contribution is 6.06. The van der Waals surface area contributed by atoms with E-state index in [0.29, 0.717) is 24.6 Å². The van der Waals surface area contributed by atoms with Crippen LogP contribution in [0.25, 0.3) is 0 Å². The maximum absolute atomic E-state index is 14.3. The molecule has 1 aliphatic rings. The van der Waals surface area contributed by atoms with Gasteiger partial charge in [0.2, 0.25) is 0 Å². The quantitative estimate of drug-likeness (QED) is 0.923. The van der Waals surface area contributed by atoms with Crippen molar-refractivity contribution in [1.82, 2.24) is 4.98 Å². The normalized spacial score (nSPS) is 14.3. The Morgan fingerprint density at radius 2 is 2.04 bits per heavy atom. The fourth-order valence-electron chi connectivity index (χ4n) is 2.72. The number of aromatic nitrogens is 1. The number of nitrogens with zero attached hydrogens (tertiary/aromatic N) is 3. The van der Waals surface area contributed by atoms with Crippen molar-refractivity contribution in [3.63, 3.8) is 0 Å². The summed E-state index contributed by atoms with van der Waals surface area (Å²) < 4.78 is 19.6. The molecule has 0 atom stereocenters. The molecule has 7 heteroatoms. The zero-order valence-corrected chi connectivity index (χ0v) is 14.3. The van der Waals surface area contributed by atoms with Crippen molar-refractivity contribution in [3.05, 3.63) is 48.0 Å². The van der Waals surface area contributed by atoms with Gasteiger partial charge in [-0.1, -0.05) is 0 Å². The summed E-state index contributed by atoms with van der Waals surface area (Å²) in [6.45, 7) is 2.74. The van der Waals surface area contributed by atoms with Gasteiger partial charge in [-0.3, -0.25) is 9.78 Å². The summed E-state index contributed by atoms with van der Waals surface area (Å²) in [6.07, 6.45) is 3.25. The average molecular weight is 344 g/mol. The number of ether oxygens (including phenoxy) is 1. The van der Waals surface area contributed by atoms with Crippen molar-refractivity contribution < 1.29 is 13.9 Å². The highest BCUT2D eigenvalue weighted by Gasteiger charge is 2.18. The molecule has 25 heavy (non-hydrogen) atoms. The predicted molar refractivity (Wildman–Crippen MR) is 95.9 cm³/mol. The minimum absolute atomic E-state index is 0.00220. The molecular formula is C18H21FN4O2. The first-order chi connectivity index (χ1) is 12.1. The Hall–Kier alpha value is -2.67. The number of amides is 1. The summed E-state index contributed by atoms with van der Waals surface area (Å²) in [6, 6.07) is 6.39. The minimum atomic E-state index is -0.555. The third-order valence-corrected chi connectivity index (χ3v) is 4.11. The van der Waals surface area contributed by atoms with E-state index in [2.05, 4.69) is 15.2 Å². The van der Waals surface area contributed by atoms with Gasteiger partial charge in [-0.2, -0.15) is 0 Å². The fraction of sp³-hybridized carbons (Fsp3) is 0.333. The molecule has 0 aliphatic carbocycles. The van der Waals surface area contributed by atoms with Gasteiger partial charge < -0.3 is 19.9 Å². The van der Waals surface area contributed by atoms with Crippen molar-refractivity contribution in [1.29, 1.82) is 0 Å². The Morgan fingerprint density at radius 3 is 2.72 bits per heavy atom. The molecule has 6 nitrogen and oxygen atoms in total. The molecule has 1 saturated heterocycles. The summed E-state index contributed by atoms with van der Waals surface area (Å²) in [7, 11) is 3.64. The maximum atomic E-state index is 14.3. The number of rotatable bonds is 4. The van der Waals surface area contributed by atoms with Crippen molar-refractivity contribution in [2.75, 3.05) is 55.5 Å². The molecule has 1 amide bonds. The van der Waals surface area contributed by atoms with Gasteiger partial charge in [0.25, 0.3) is 5.91 Å². The third kappa shape index (κ3) is 3.88. The fourth-order valence-corrected chi connectivity index (χ4v) is 2.72. The van der Waals surface area contributed by atoms with Crippen LogP contribution in [0.2, 0.25) is 0 Å². The number of carbonyl (C=O) groups excluding carboxylic acids is 1. The highest BCUT2D eigenvalue weighted by Crippen LogP contribution is 2.26. The lowest BCUT2D eigenvalue weighted by Gasteiger charge is -2.30. The second kappa shape index (κ2) is 7.48. The van der Waals surface area contributed by atoms with Gasteiger partial charge in [-0.15, -0.1) is 0 Å². The van der Waals surface area contributed by atoms with Crippen molar-refractivity contribution >= 4 is 23.0 Å². The molecule has 3 rings (SSSR count). The first-order valence-electron chi connectivity index (χ1n) is 8.11. The molecule has 2 aromatic rings. The van der Waals surface area contributed by atoms with Gasteiger partial charge in [0.05, 0.1) is 36.3 Å². The van der Waals surface area contributed by atoms with Crippen LogP contribution in [0.4, 0.5) is 21.5 Å². The number of pyridine rings is 1. The zero-order valence-electron chi connectivity index (χ0n) is 14.3. The topological polar surface area (TPSA) is 57.7 Å². The second-order valence-corrected chi connectivity index (χ2v) is 6.00. The standard InChI is InChI=1S/C18H21FN4O2/c1-22(2)13-3-4-14(15(19)11-13)18(24)21-16-12-20-6-5-17(16)23-7-9-25-10-8-23/h3-6,11-12H,7-10H2,1-2H3,(H,21,24). The number of hydrogen-bond acceptors (Lipinski definition) is 5. The van der Waals surface area contributed by atoms with Crippen LogP contribution in [0.3, 0.4) is 0 Å². The van der Waals surface area contributed by atoms with E-state index in [1.165, 1.54) is 12.1 Å². The molecule has 0 radical (unpaired) electrons. The van der Waals surface area contributed by atoms with Crippen LogP contribution in [0.5, 0.6) is 0 Å². The molecule has 0 unspecified atom stereocenters. The van der Waals surface area contributed by atoms with Crippen molar-refractivity contribution in [3.8, 4) is 0 Å². The van der Waals surface area contributed by atoms with E-state index in [-0.39, 0.29) is 5.56 Å². The largest absolute Gasteiger partial charge is 0.378 e. The van der Waals surface area contributed by atoms with Gasteiger partial charge in [0, 0.05) is 39.1 Å². The maximum Gasteiger partial charge on any atom is 0.258 e. The summed E-state index contributed by atoms with van der Waals surface area (Å²) in [4.78, 5) is 20.5. The average Bonchev–Trinajstić information content (AvgIpc) is 2.62. The van der Waals surface area contributed by atoms with E-state index in [1.54, 1.807) is 23.4 Å². The minimum Gasteiger partial charge on any atom is -0.378 e. The van der Waals surface area contributed by atoms with Gasteiger partial charge in [0.15, 0.2) is 0 Å². The Labute approximate surface area is 146 Å². The van der Waals surface area contributed by atoms with Gasteiger partial charge >= 0.3 is 0 Å². The molecule has 2 heterocycles. The number of benzene rings is 1. The monoisotopic (exact) mass is 344 g/mol. The lowest BCUT2D eigenvalue weighted by Crippen LogP contribution is -2.36. The summed E-state index contributed by atoms with van der Waals surface area (Å²) in [5.74, 6) is -1.05. The van der Waals surface area contributed by atoms with E-state index in [1.807, 2.05) is 20.2 Å². The number of halogens is 1. The Morgan fingerprint density at radius 1 is 1.28 bits per heavy atom. The van der Waals surface area contributed by atoms with E-state index >= 15 is 0 Å². The number of morpholine rings is 1. The first-order valence-corrected chi connectivity index (χ1v) is 8.11. The molecule has 1 fully saturated rings. The Bertz CT molecular complexity index is 760. The van der Waals surface area contributed by atoms with Crippen LogP contribution < -0.4 is 15.1 Å². The van der Waals surface area contributed by atoms with E-state index < -0.39 is 11.7 Å². The number of hydrogen-bond donors (Lipinski definition) is 1. The van der Waals surface area contributed by atoms with Gasteiger partial charge in [-0.05, 0) is 24.3 Å². The van der Waals surface area contributed by atoms with E-state index in [0.717, 1.165) is 18.8 Å². The van der Waals surface area contributed by atoms with Crippen molar-refractivity contribution in [2.45, 2.75) is 0 Å². The molecule has 0 saturated carbocycles. The lowest BCUT2D eigenvalue weighted by molar-refractivity contribution is 0.102. The Balaban J connectivity index is 1.82. The SMILES string of the molecule is CN(C)c1ccc(C(=O)Nc2cnccc2N2CCOCC2)c(F)c1. The van der Waals surface area contributed by atoms with Crippen molar-refractivity contribution in [2.24, 2.45) is 0 Å². The second-order valence-electron chi connectivity index (χ2n) is 6.00. The van der Waals surface area contributed by atoms with Crippen LogP contribution in [0.15, 0.2) is 36.7 Å².